The molecule has 1 amide bonds. The zero-order chi connectivity index (χ0) is 16.0. The predicted octanol–water partition coefficient (Wildman–Crippen LogP) is 2.13. The van der Waals surface area contributed by atoms with Crippen molar-refractivity contribution < 1.29 is 23.8 Å². The highest BCUT2D eigenvalue weighted by molar-refractivity contribution is 5.84. The molecule has 0 fully saturated rings. The first kappa shape index (κ1) is 16.9. The molecule has 0 bridgehead atoms. The van der Waals surface area contributed by atoms with E-state index in [4.69, 9.17) is 9.84 Å². The van der Waals surface area contributed by atoms with Crippen LogP contribution in [0.3, 0.4) is 0 Å². The molecule has 0 heterocycles. The van der Waals surface area contributed by atoms with Gasteiger partial charge in [-0.1, -0.05) is 26.3 Å². The van der Waals surface area contributed by atoms with Crippen LogP contribution in [0.15, 0.2) is 18.2 Å². The van der Waals surface area contributed by atoms with Crippen LogP contribution in [0.5, 0.6) is 5.75 Å². The number of carbonyl (C=O) groups excluding carboxylic acids is 1. The Morgan fingerprint density at radius 1 is 1.43 bits per heavy atom. The van der Waals surface area contributed by atoms with Crippen LogP contribution >= 0.6 is 0 Å². The van der Waals surface area contributed by atoms with E-state index in [1.807, 2.05) is 6.92 Å². The molecule has 0 aliphatic heterocycles. The quantitative estimate of drug-likeness (QED) is 0.808. The average Bonchev–Trinajstić information content (AvgIpc) is 2.44. The Morgan fingerprint density at radius 3 is 2.67 bits per heavy atom. The number of aliphatic carboxylic acids is 1. The number of amides is 1. The minimum Gasteiger partial charge on any atom is -0.481 e. The van der Waals surface area contributed by atoms with Gasteiger partial charge in [0.1, 0.15) is 6.04 Å². The van der Waals surface area contributed by atoms with Crippen LogP contribution in [-0.2, 0) is 9.59 Å². The number of nitrogens with one attached hydrogen (secondary N) is 1. The lowest BCUT2D eigenvalue weighted by Crippen LogP contribution is -2.46. The maximum Gasteiger partial charge on any atom is 0.326 e. The minimum atomic E-state index is -1.10. The summed E-state index contributed by atoms with van der Waals surface area (Å²) in [5.41, 5.74) is 0.801. The van der Waals surface area contributed by atoms with Crippen molar-refractivity contribution >= 4 is 11.9 Å². The van der Waals surface area contributed by atoms with Crippen molar-refractivity contribution in [3.63, 3.8) is 0 Å². The molecule has 0 spiro atoms. The fraction of sp³-hybridized carbons (Fsp3) is 0.467. The first-order valence-corrected chi connectivity index (χ1v) is 6.76. The van der Waals surface area contributed by atoms with E-state index in [0.717, 1.165) is 5.56 Å². The zero-order valence-corrected chi connectivity index (χ0v) is 12.4. The third-order valence-electron chi connectivity index (χ3n) is 3.24. The van der Waals surface area contributed by atoms with E-state index in [1.54, 1.807) is 19.9 Å². The number of hydrogen-bond donors (Lipinski definition) is 2. The van der Waals surface area contributed by atoms with Gasteiger partial charge in [0, 0.05) is 0 Å². The molecule has 2 N–H and O–H groups in total. The van der Waals surface area contributed by atoms with Crippen molar-refractivity contribution in [2.45, 2.75) is 33.2 Å². The predicted molar refractivity (Wildman–Crippen MR) is 75.7 cm³/mol. The fourth-order valence-corrected chi connectivity index (χ4v) is 1.76. The van der Waals surface area contributed by atoms with Gasteiger partial charge in [0.15, 0.2) is 18.2 Å². The average molecular weight is 297 g/mol. The molecule has 0 aliphatic rings. The minimum absolute atomic E-state index is 0.0273. The molecular weight excluding hydrogens is 277 g/mol. The van der Waals surface area contributed by atoms with Crippen molar-refractivity contribution in [1.82, 2.24) is 5.32 Å². The standard InChI is InChI=1S/C15H20FNO4/c1-4-10(3)14(15(19)20)17-13(18)8-21-12-7-9(2)5-6-11(12)16/h5-7,10,14H,4,8H2,1-3H3,(H,17,18)(H,19,20)/t10-,14-/m0/s1. The Morgan fingerprint density at radius 2 is 2.10 bits per heavy atom. The SMILES string of the molecule is CC[C@H](C)[C@H](NC(=O)COc1cc(C)ccc1F)C(=O)O. The molecular formula is C15H20FNO4. The number of halogens is 1. The summed E-state index contributed by atoms with van der Waals surface area (Å²) in [7, 11) is 0. The smallest absolute Gasteiger partial charge is 0.326 e. The Hall–Kier alpha value is -2.11. The van der Waals surface area contributed by atoms with E-state index < -0.39 is 30.3 Å². The van der Waals surface area contributed by atoms with Gasteiger partial charge in [-0.3, -0.25) is 4.79 Å². The summed E-state index contributed by atoms with van der Waals surface area (Å²) in [5, 5.41) is 11.5. The van der Waals surface area contributed by atoms with Crippen molar-refractivity contribution in [3.05, 3.63) is 29.6 Å². The number of rotatable bonds is 7. The zero-order valence-electron chi connectivity index (χ0n) is 12.4. The van der Waals surface area contributed by atoms with Crippen molar-refractivity contribution in [3.8, 4) is 5.75 Å². The van der Waals surface area contributed by atoms with Crippen LogP contribution in [0.2, 0.25) is 0 Å². The fourth-order valence-electron chi connectivity index (χ4n) is 1.76. The largest absolute Gasteiger partial charge is 0.481 e. The van der Waals surface area contributed by atoms with E-state index in [-0.39, 0.29) is 11.7 Å². The van der Waals surface area contributed by atoms with Crippen LogP contribution in [0.25, 0.3) is 0 Å². The lowest BCUT2D eigenvalue weighted by molar-refractivity contribution is -0.143. The molecule has 0 aliphatic carbocycles. The van der Waals surface area contributed by atoms with Gasteiger partial charge in [0.25, 0.3) is 5.91 Å². The van der Waals surface area contributed by atoms with Crippen LogP contribution in [0.1, 0.15) is 25.8 Å². The highest BCUT2D eigenvalue weighted by Crippen LogP contribution is 2.18. The Balaban J connectivity index is 2.61. The van der Waals surface area contributed by atoms with Gasteiger partial charge >= 0.3 is 5.97 Å². The second-order valence-corrected chi connectivity index (χ2v) is 4.99. The molecule has 5 nitrogen and oxygen atoms in total. The lowest BCUT2D eigenvalue weighted by Gasteiger charge is -2.20. The molecule has 1 aromatic rings. The van der Waals surface area contributed by atoms with E-state index in [1.165, 1.54) is 12.1 Å². The number of carboxylic acid groups (broad SMARTS) is 1. The molecule has 2 atom stereocenters. The molecule has 0 saturated carbocycles. The first-order chi connectivity index (χ1) is 9.85. The Kier molecular flexibility index (Phi) is 6.14. The van der Waals surface area contributed by atoms with Gasteiger partial charge in [-0.25, -0.2) is 9.18 Å². The number of hydrogen-bond acceptors (Lipinski definition) is 3. The molecule has 21 heavy (non-hydrogen) atoms. The third-order valence-corrected chi connectivity index (χ3v) is 3.24. The van der Waals surface area contributed by atoms with Crippen LogP contribution < -0.4 is 10.1 Å². The highest BCUT2D eigenvalue weighted by atomic mass is 19.1. The number of carboxylic acids is 1. The van der Waals surface area contributed by atoms with E-state index in [0.29, 0.717) is 6.42 Å². The molecule has 6 heteroatoms. The Bertz CT molecular complexity index is 518. The molecule has 0 aromatic heterocycles. The number of ether oxygens (including phenoxy) is 1. The van der Waals surface area contributed by atoms with Gasteiger partial charge in [0.2, 0.25) is 0 Å². The monoisotopic (exact) mass is 297 g/mol. The summed E-state index contributed by atoms with van der Waals surface area (Å²) in [6, 6.07) is 3.34. The van der Waals surface area contributed by atoms with E-state index in [9.17, 15) is 14.0 Å². The second-order valence-electron chi connectivity index (χ2n) is 4.99. The summed E-state index contributed by atoms with van der Waals surface area (Å²) >= 11 is 0. The molecule has 1 rings (SSSR count). The van der Waals surface area contributed by atoms with Gasteiger partial charge < -0.3 is 15.2 Å². The first-order valence-electron chi connectivity index (χ1n) is 6.76. The number of benzene rings is 1. The topological polar surface area (TPSA) is 75.6 Å². The summed E-state index contributed by atoms with van der Waals surface area (Å²) in [6.45, 7) is 4.92. The van der Waals surface area contributed by atoms with Gasteiger partial charge in [-0.2, -0.15) is 0 Å². The van der Waals surface area contributed by atoms with Gasteiger partial charge in [0.05, 0.1) is 0 Å². The third kappa shape index (κ3) is 5.06. The van der Waals surface area contributed by atoms with Gasteiger partial charge in [-0.15, -0.1) is 0 Å². The second kappa shape index (κ2) is 7.61. The maximum atomic E-state index is 13.4. The summed E-state index contributed by atoms with van der Waals surface area (Å²) in [5.74, 6) is -2.49. The van der Waals surface area contributed by atoms with Crippen LogP contribution in [-0.4, -0.2) is 29.6 Å². The molecule has 0 saturated heterocycles. The number of aryl methyl sites for hydroxylation is 1. The molecule has 1 aromatic carbocycles. The lowest BCUT2D eigenvalue weighted by atomic mass is 9.99. The molecule has 116 valence electrons. The van der Waals surface area contributed by atoms with Crippen molar-refractivity contribution in [1.29, 1.82) is 0 Å². The van der Waals surface area contributed by atoms with Gasteiger partial charge in [-0.05, 0) is 30.5 Å². The summed E-state index contributed by atoms with van der Waals surface area (Å²) < 4.78 is 18.5. The van der Waals surface area contributed by atoms with Crippen molar-refractivity contribution in [2.24, 2.45) is 5.92 Å². The summed E-state index contributed by atoms with van der Waals surface area (Å²) in [4.78, 5) is 22.8. The normalized spacial score (nSPS) is 13.3. The number of carbonyl (C=O) groups is 2. The maximum absolute atomic E-state index is 13.4. The van der Waals surface area contributed by atoms with E-state index in [2.05, 4.69) is 5.32 Å². The Labute approximate surface area is 123 Å². The van der Waals surface area contributed by atoms with Crippen molar-refractivity contribution in [2.75, 3.05) is 6.61 Å². The van der Waals surface area contributed by atoms with E-state index >= 15 is 0 Å². The molecule has 0 radical (unpaired) electrons. The summed E-state index contributed by atoms with van der Waals surface area (Å²) in [6.07, 6.45) is 0.616. The highest BCUT2D eigenvalue weighted by Gasteiger charge is 2.25. The molecule has 0 unspecified atom stereocenters. The van der Waals surface area contributed by atoms with Crippen LogP contribution in [0, 0.1) is 18.7 Å². The van der Waals surface area contributed by atoms with Crippen LogP contribution in [0.4, 0.5) is 4.39 Å².